The second-order valence-electron chi connectivity index (χ2n) is 18.1. The van der Waals surface area contributed by atoms with Crippen LogP contribution in [-0.4, -0.2) is 70.0 Å². The Kier molecular flexibility index (Phi) is 9.29. The van der Waals surface area contributed by atoms with Crippen molar-refractivity contribution in [3.05, 3.63) is 23.3 Å². The summed E-state index contributed by atoms with van der Waals surface area (Å²) >= 11 is 0. The standard InChI is InChI=1S/C39H62O8/c1-11-23(4)33(45)46-30-31(47-32(44)22(2)3)39(21-41)25(18-34(30,5)6)24-12-13-27-35(7)16-15-28(42)36(8,20-40)26(35)14-17-37(27,9)38(24,10)19-29(39)43/h11-12,22,25-31,40-43H,13-21H2,1-10H3/b23-11-/t25-,26+,27+,28-,29+,30-,31-,35-,36+,37+,38+,39-/m0/s1. The fourth-order valence-electron chi connectivity index (χ4n) is 11.8. The number of ether oxygens (including phenoxy) is 2. The third kappa shape index (κ3) is 4.96. The maximum atomic E-state index is 13.3. The number of allylic oxidation sites excluding steroid dienone is 3. The first-order chi connectivity index (χ1) is 21.7. The van der Waals surface area contributed by atoms with Crippen LogP contribution in [-0.2, 0) is 19.1 Å². The highest BCUT2D eigenvalue weighted by atomic mass is 16.6. The fourth-order valence-corrected chi connectivity index (χ4v) is 11.8. The second-order valence-corrected chi connectivity index (χ2v) is 18.1. The van der Waals surface area contributed by atoms with Crippen molar-refractivity contribution in [3.8, 4) is 0 Å². The quantitative estimate of drug-likeness (QED) is 0.161. The van der Waals surface area contributed by atoms with Crippen LogP contribution in [0.3, 0.4) is 0 Å². The van der Waals surface area contributed by atoms with E-state index in [0.29, 0.717) is 24.8 Å². The molecule has 8 nitrogen and oxygen atoms in total. The van der Waals surface area contributed by atoms with E-state index >= 15 is 0 Å². The lowest BCUT2D eigenvalue weighted by Crippen LogP contribution is -2.72. The molecule has 0 unspecified atom stereocenters. The summed E-state index contributed by atoms with van der Waals surface area (Å²) in [7, 11) is 0. The van der Waals surface area contributed by atoms with Crippen molar-refractivity contribution in [2.24, 2.45) is 56.2 Å². The lowest BCUT2D eigenvalue weighted by atomic mass is 9.33. The zero-order valence-electron chi connectivity index (χ0n) is 30.6. The third-order valence-electron chi connectivity index (χ3n) is 15.2. The highest BCUT2D eigenvalue weighted by molar-refractivity contribution is 5.87. The molecule has 0 radical (unpaired) electrons. The van der Waals surface area contributed by atoms with Crippen LogP contribution in [0, 0.1) is 56.2 Å². The molecule has 266 valence electrons. The van der Waals surface area contributed by atoms with Gasteiger partial charge in [0.25, 0.3) is 0 Å². The molecule has 0 aromatic heterocycles. The molecule has 0 aromatic carbocycles. The lowest BCUT2D eigenvalue weighted by Gasteiger charge is -2.72. The van der Waals surface area contributed by atoms with E-state index < -0.39 is 70.5 Å². The van der Waals surface area contributed by atoms with Gasteiger partial charge < -0.3 is 29.9 Å². The van der Waals surface area contributed by atoms with Gasteiger partial charge in [0, 0.05) is 16.4 Å². The van der Waals surface area contributed by atoms with Crippen molar-refractivity contribution in [1.29, 1.82) is 0 Å². The summed E-state index contributed by atoms with van der Waals surface area (Å²) < 4.78 is 12.5. The second kappa shape index (κ2) is 11.9. The van der Waals surface area contributed by atoms with E-state index in [1.807, 2.05) is 13.8 Å². The van der Waals surface area contributed by atoms with Crippen molar-refractivity contribution in [3.63, 3.8) is 0 Å². The van der Waals surface area contributed by atoms with Crippen molar-refractivity contribution in [2.45, 2.75) is 139 Å². The predicted octanol–water partition coefficient (Wildman–Crippen LogP) is 5.75. The van der Waals surface area contributed by atoms with Gasteiger partial charge in [0.15, 0.2) is 0 Å². The Morgan fingerprint density at radius 3 is 2.15 bits per heavy atom. The minimum Gasteiger partial charge on any atom is -0.457 e. The van der Waals surface area contributed by atoms with Crippen LogP contribution in [0.5, 0.6) is 0 Å². The summed E-state index contributed by atoms with van der Waals surface area (Å²) in [6.07, 6.45) is 5.67. The monoisotopic (exact) mass is 658 g/mol. The molecule has 5 aliphatic carbocycles. The number of hydrogen-bond donors (Lipinski definition) is 4. The number of esters is 2. The molecule has 0 amide bonds. The highest BCUT2D eigenvalue weighted by Crippen LogP contribution is 2.76. The van der Waals surface area contributed by atoms with E-state index in [0.717, 1.165) is 25.7 Å². The SMILES string of the molecule is C/C=C(/C)C(=O)O[C@H]1[C@H](OC(=O)C(C)C)[C@]2(CO)[C@H](O)C[C@]3(C)C(=CC[C@@H]4[C@@]5(C)CC[C@H](O)[C@](C)(CO)[C@@H]5CC[C@]43C)[C@@H]2CC1(C)C. The van der Waals surface area contributed by atoms with E-state index in [9.17, 15) is 30.0 Å². The minimum atomic E-state index is -1.26. The number of carbonyl (C=O) groups excluding carboxylic acids is 2. The summed E-state index contributed by atoms with van der Waals surface area (Å²) in [5.41, 5.74) is -1.50. The molecule has 0 bridgehead atoms. The van der Waals surface area contributed by atoms with Gasteiger partial charge in [-0.05, 0) is 92.8 Å². The van der Waals surface area contributed by atoms with Crippen molar-refractivity contribution < 1.29 is 39.5 Å². The van der Waals surface area contributed by atoms with Crippen LogP contribution in [0.15, 0.2) is 23.3 Å². The molecule has 8 heteroatoms. The Balaban J connectivity index is 1.64. The van der Waals surface area contributed by atoms with Gasteiger partial charge in [0.1, 0.15) is 12.2 Å². The molecule has 0 saturated heterocycles. The molecule has 47 heavy (non-hydrogen) atoms. The van der Waals surface area contributed by atoms with Gasteiger partial charge in [-0.2, -0.15) is 0 Å². The van der Waals surface area contributed by atoms with Gasteiger partial charge >= 0.3 is 11.9 Å². The Bertz CT molecular complexity index is 1320. The molecule has 5 aliphatic rings. The molecule has 5 rings (SSSR count). The molecular weight excluding hydrogens is 596 g/mol. The van der Waals surface area contributed by atoms with E-state index in [-0.39, 0.29) is 35.2 Å². The smallest absolute Gasteiger partial charge is 0.333 e. The zero-order chi connectivity index (χ0) is 35.1. The Labute approximate surface area is 282 Å². The third-order valence-corrected chi connectivity index (χ3v) is 15.2. The van der Waals surface area contributed by atoms with Gasteiger partial charge in [-0.1, -0.05) is 73.1 Å². The normalized spacial score (nSPS) is 47.5. The minimum absolute atomic E-state index is 0.0408. The number of hydrogen-bond acceptors (Lipinski definition) is 8. The van der Waals surface area contributed by atoms with E-state index in [4.69, 9.17) is 9.47 Å². The molecule has 4 N–H and O–H groups in total. The largest absolute Gasteiger partial charge is 0.457 e. The van der Waals surface area contributed by atoms with Crippen LogP contribution in [0.25, 0.3) is 0 Å². The average molecular weight is 659 g/mol. The first kappa shape index (κ1) is 36.5. The first-order valence-electron chi connectivity index (χ1n) is 18.1. The first-order valence-corrected chi connectivity index (χ1v) is 18.1. The Hall–Kier alpha value is -1.74. The van der Waals surface area contributed by atoms with Crippen molar-refractivity contribution in [1.82, 2.24) is 0 Å². The Morgan fingerprint density at radius 2 is 1.57 bits per heavy atom. The summed E-state index contributed by atoms with van der Waals surface area (Å²) in [5.74, 6) is -1.25. The summed E-state index contributed by atoms with van der Waals surface area (Å²) in [6.45, 7) is 19.7. The van der Waals surface area contributed by atoms with Crippen LogP contribution >= 0.6 is 0 Å². The van der Waals surface area contributed by atoms with Crippen molar-refractivity contribution in [2.75, 3.05) is 13.2 Å². The molecule has 0 heterocycles. The zero-order valence-corrected chi connectivity index (χ0v) is 30.6. The predicted molar refractivity (Wildman–Crippen MR) is 180 cm³/mol. The molecule has 4 saturated carbocycles. The molecule has 12 atom stereocenters. The maximum Gasteiger partial charge on any atom is 0.333 e. The summed E-state index contributed by atoms with van der Waals surface area (Å²) in [6, 6.07) is 0. The fraction of sp³-hybridized carbons (Fsp3) is 0.846. The topological polar surface area (TPSA) is 134 Å². The number of rotatable bonds is 6. The lowest BCUT2D eigenvalue weighted by molar-refractivity contribution is -0.268. The van der Waals surface area contributed by atoms with Crippen LogP contribution < -0.4 is 0 Å². The van der Waals surface area contributed by atoms with Gasteiger partial charge in [-0.25, -0.2) is 4.79 Å². The molecule has 0 aliphatic heterocycles. The summed E-state index contributed by atoms with van der Waals surface area (Å²) in [4.78, 5) is 26.6. The van der Waals surface area contributed by atoms with Crippen LogP contribution in [0.1, 0.15) is 114 Å². The summed E-state index contributed by atoms with van der Waals surface area (Å²) in [5, 5.41) is 45.6. The van der Waals surface area contributed by atoms with E-state index in [1.54, 1.807) is 33.8 Å². The highest BCUT2D eigenvalue weighted by Gasteiger charge is 2.73. The van der Waals surface area contributed by atoms with E-state index in [2.05, 4.69) is 33.8 Å². The van der Waals surface area contributed by atoms with Crippen LogP contribution in [0.4, 0.5) is 0 Å². The average Bonchev–Trinajstić information content (AvgIpc) is 3.00. The van der Waals surface area contributed by atoms with Gasteiger partial charge in [0.05, 0.1) is 36.8 Å². The number of fused-ring (bicyclic) bond motifs is 7. The maximum absolute atomic E-state index is 13.3. The number of aliphatic hydroxyl groups excluding tert-OH is 4. The number of carbonyl (C=O) groups is 2. The molecule has 0 aromatic rings. The van der Waals surface area contributed by atoms with E-state index in [1.165, 1.54) is 5.57 Å². The molecule has 4 fully saturated rings. The Morgan fingerprint density at radius 1 is 0.915 bits per heavy atom. The molecule has 0 spiro atoms. The van der Waals surface area contributed by atoms with Gasteiger partial charge in [-0.15, -0.1) is 0 Å². The van der Waals surface area contributed by atoms with Gasteiger partial charge in [-0.3, -0.25) is 4.79 Å². The van der Waals surface area contributed by atoms with Crippen molar-refractivity contribution >= 4 is 11.9 Å². The van der Waals surface area contributed by atoms with Gasteiger partial charge in [0.2, 0.25) is 0 Å². The molecular formula is C39H62O8. The van der Waals surface area contributed by atoms with Crippen LogP contribution in [0.2, 0.25) is 0 Å². The number of aliphatic hydroxyl groups is 4.